The molecule has 0 N–H and O–H groups in total. The summed E-state index contributed by atoms with van der Waals surface area (Å²) in [7, 11) is 0. The molecule has 1 saturated heterocycles. The second-order valence-electron chi connectivity index (χ2n) is 6.38. The van der Waals surface area contributed by atoms with Crippen molar-refractivity contribution in [2.75, 3.05) is 19.6 Å². The van der Waals surface area contributed by atoms with E-state index in [1.807, 2.05) is 0 Å². The SMILES string of the molecule is O=C(CN1CCC2CCCCC2C1)c1cc(F)ccc1F. The van der Waals surface area contributed by atoms with Gasteiger partial charge in [0.25, 0.3) is 0 Å². The van der Waals surface area contributed by atoms with Gasteiger partial charge in [0.2, 0.25) is 0 Å². The minimum atomic E-state index is -0.631. The summed E-state index contributed by atoms with van der Waals surface area (Å²) in [6, 6.07) is 3.07. The highest BCUT2D eigenvalue weighted by Crippen LogP contribution is 2.36. The van der Waals surface area contributed by atoms with Crippen LogP contribution in [0.3, 0.4) is 0 Å². The standard InChI is InChI=1S/C17H21F2NO/c18-14-5-6-16(19)15(9-14)17(21)11-20-8-7-12-3-1-2-4-13(12)10-20/h5-6,9,12-13H,1-4,7-8,10-11H2. The van der Waals surface area contributed by atoms with E-state index < -0.39 is 11.6 Å². The first-order valence-corrected chi connectivity index (χ1v) is 7.84. The van der Waals surface area contributed by atoms with Crippen molar-refractivity contribution in [3.63, 3.8) is 0 Å². The van der Waals surface area contributed by atoms with E-state index in [0.29, 0.717) is 5.92 Å². The molecule has 1 aliphatic carbocycles. The Morgan fingerprint density at radius 1 is 1.14 bits per heavy atom. The molecule has 1 heterocycles. The van der Waals surface area contributed by atoms with Gasteiger partial charge in [-0.2, -0.15) is 0 Å². The first-order valence-electron chi connectivity index (χ1n) is 7.84. The van der Waals surface area contributed by atoms with Gasteiger partial charge in [0.15, 0.2) is 5.78 Å². The van der Waals surface area contributed by atoms with Crippen molar-refractivity contribution < 1.29 is 13.6 Å². The lowest BCUT2D eigenvalue weighted by molar-refractivity contribution is 0.0710. The van der Waals surface area contributed by atoms with E-state index in [9.17, 15) is 13.6 Å². The third-order valence-electron chi connectivity index (χ3n) is 4.97. The quantitative estimate of drug-likeness (QED) is 0.793. The van der Waals surface area contributed by atoms with Gasteiger partial charge in [-0.25, -0.2) is 8.78 Å². The monoisotopic (exact) mass is 293 g/mol. The van der Waals surface area contributed by atoms with Gasteiger partial charge in [-0.3, -0.25) is 9.69 Å². The highest BCUT2D eigenvalue weighted by Gasteiger charge is 2.31. The second-order valence-corrected chi connectivity index (χ2v) is 6.38. The number of benzene rings is 1. The van der Waals surface area contributed by atoms with E-state index in [0.717, 1.165) is 43.6 Å². The van der Waals surface area contributed by atoms with Gasteiger partial charge in [-0.15, -0.1) is 0 Å². The maximum atomic E-state index is 13.6. The van der Waals surface area contributed by atoms with Gasteiger partial charge in [-0.1, -0.05) is 19.3 Å². The Labute approximate surface area is 124 Å². The Morgan fingerprint density at radius 2 is 1.90 bits per heavy atom. The van der Waals surface area contributed by atoms with Crippen LogP contribution in [0.25, 0.3) is 0 Å². The summed E-state index contributed by atoms with van der Waals surface area (Å²) >= 11 is 0. The van der Waals surface area contributed by atoms with Gasteiger partial charge in [0, 0.05) is 6.54 Å². The number of halogens is 2. The third-order valence-corrected chi connectivity index (χ3v) is 4.97. The summed E-state index contributed by atoms with van der Waals surface area (Å²) in [4.78, 5) is 14.3. The van der Waals surface area contributed by atoms with Crippen LogP contribution in [0.5, 0.6) is 0 Å². The van der Waals surface area contributed by atoms with Crippen LogP contribution in [0.1, 0.15) is 42.5 Å². The number of hydrogen-bond donors (Lipinski definition) is 0. The molecular weight excluding hydrogens is 272 g/mol. The van der Waals surface area contributed by atoms with E-state index in [2.05, 4.69) is 4.90 Å². The number of rotatable bonds is 3. The number of Topliss-reactive ketones (excluding diaryl/α,β-unsaturated/α-hetero) is 1. The van der Waals surface area contributed by atoms with E-state index >= 15 is 0 Å². The minimum Gasteiger partial charge on any atom is -0.296 e. The molecule has 2 nitrogen and oxygen atoms in total. The summed E-state index contributed by atoms with van der Waals surface area (Å²) in [6.07, 6.45) is 6.29. The first kappa shape index (κ1) is 14.6. The molecule has 3 rings (SSSR count). The molecule has 114 valence electrons. The molecular formula is C17H21F2NO. The van der Waals surface area contributed by atoms with Crippen molar-refractivity contribution >= 4 is 5.78 Å². The smallest absolute Gasteiger partial charge is 0.179 e. The van der Waals surface area contributed by atoms with Crippen molar-refractivity contribution in [2.45, 2.75) is 32.1 Å². The Hall–Kier alpha value is -1.29. The molecule has 0 radical (unpaired) electrons. The molecule has 0 bridgehead atoms. The average Bonchev–Trinajstić information content (AvgIpc) is 2.49. The zero-order valence-electron chi connectivity index (χ0n) is 12.2. The van der Waals surface area contributed by atoms with Gasteiger partial charge in [0.05, 0.1) is 12.1 Å². The number of fused-ring (bicyclic) bond motifs is 1. The Bertz CT molecular complexity index is 532. The number of carbonyl (C=O) groups excluding carboxylic acids is 1. The van der Waals surface area contributed by atoms with E-state index in [1.54, 1.807) is 0 Å². The molecule has 0 amide bonds. The van der Waals surface area contributed by atoms with Crippen molar-refractivity contribution in [3.05, 3.63) is 35.4 Å². The van der Waals surface area contributed by atoms with Gasteiger partial charge in [-0.05, 0) is 49.4 Å². The molecule has 1 aliphatic heterocycles. The summed E-state index contributed by atoms with van der Waals surface area (Å²) in [5, 5.41) is 0. The van der Waals surface area contributed by atoms with Crippen LogP contribution < -0.4 is 0 Å². The Balaban J connectivity index is 1.63. The van der Waals surface area contributed by atoms with Gasteiger partial charge >= 0.3 is 0 Å². The van der Waals surface area contributed by atoms with Crippen molar-refractivity contribution in [2.24, 2.45) is 11.8 Å². The molecule has 2 unspecified atom stereocenters. The maximum Gasteiger partial charge on any atom is 0.179 e. The molecule has 2 fully saturated rings. The molecule has 1 aromatic rings. The molecule has 2 aliphatic rings. The van der Waals surface area contributed by atoms with Crippen molar-refractivity contribution in [3.8, 4) is 0 Å². The summed E-state index contributed by atoms with van der Waals surface area (Å²) in [5.41, 5.74) is -0.124. The zero-order valence-corrected chi connectivity index (χ0v) is 12.2. The fourth-order valence-corrected chi connectivity index (χ4v) is 3.82. The molecule has 4 heteroatoms. The zero-order chi connectivity index (χ0) is 14.8. The van der Waals surface area contributed by atoms with Crippen molar-refractivity contribution in [1.82, 2.24) is 4.90 Å². The van der Waals surface area contributed by atoms with Crippen LogP contribution in [0, 0.1) is 23.5 Å². The van der Waals surface area contributed by atoms with E-state index in [4.69, 9.17) is 0 Å². The lowest BCUT2D eigenvalue weighted by Crippen LogP contribution is -2.43. The van der Waals surface area contributed by atoms with Crippen LogP contribution in [-0.2, 0) is 0 Å². The number of ketones is 1. The number of piperidine rings is 1. The first-order chi connectivity index (χ1) is 10.1. The Morgan fingerprint density at radius 3 is 2.71 bits per heavy atom. The molecule has 21 heavy (non-hydrogen) atoms. The van der Waals surface area contributed by atoms with Crippen molar-refractivity contribution in [1.29, 1.82) is 0 Å². The van der Waals surface area contributed by atoms with Gasteiger partial charge < -0.3 is 0 Å². The predicted octanol–water partition coefficient (Wildman–Crippen LogP) is 3.66. The van der Waals surface area contributed by atoms with Crippen LogP contribution in [0.4, 0.5) is 8.78 Å². The summed E-state index contributed by atoms with van der Waals surface area (Å²) < 4.78 is 26.8. The largest absolute Gasteiger partial charge is 0.296 e. The number of hydrogen-bond acceptors (Lipinski definition) is 2. The highest BCUT2D eigenvalue weighted by atomic mass is 19.1. The lowest BCUT2D eigenvalue weighted by atomic mass is 9.75. The van der Waals surface area contributed by atoms with Crippen LogP contribution in [-0.4, -0.2) is 30.3 Å². The lowest BCUT2D eigenvalue weighted by Gasteiger charge is -2.41. The topological polar surface area (TPSA) is 20.3 Å². The molecule has 0 aromatic heterocycles. The normalized spacial score (nSPS) is 26.4. The minimum absolute atomic E-state index is 0.124. The molecule has 2 atom stereocenters. The highest BCUT2D eigenvalue weighted by molar-refractivity contribution is 5.97. The van der Waals surface area contributed by atoms with Crippen LogP contribution >= 0.6 is 0 Å². The number of carbonyl (C=O) groups is 1. The maximum absolute atomic E-state index is 13.6. The molecule has 1 saturated carbocycles. The average molecular weight is 293 g/mol. The predicted molar refractivity (Wildman–Crippen MR) is 77.2 cm³/mol. The number of likely N-dealkylation sites (tertiary alicyclic amines) is 1. The molecule has 0 spiro atoms. The second kappa shape index (κ2) is 6.22. The third kappa shape index (κ3) is 3.31. The van der Waals surface area contributed by atoms with Crippen LogP contribution in [0.2, 0.25) is 0 Å². The summed E-state index contributed by atoms with van der Waals surface area (Å²) in [6.45, 7) is 2.01. The summed E-state index contributed by atoms with van der Waals surface area (Å²) in [5.74, 6) is -0.0328. The van der Waals surface area contributed by atoms with E-state index in [1.165, 1.54) is 25.7 Å². The van der Waals surface area contributed by atoms with E-state index in [-0.39, 0.29) is 17.9 Å². The molecule has 1 aromatic carbocycles. The fraction of sp³-hybridized carbons (Fsp3) is 0.588. The number of nitrogens with zero attached hydrogens (tertiary/aromatic N) is 1. The van der Waals surface area contributed by atoms with Gasteiger partial charge in [0.1, 0.15) is 11.6 Å². The Kier molecular flexibility index (Phi) is 4.34. The van der Waals surface area contributed by atoms with Crippen LogP contribution in [0.15, 0.2) is 18.2 Å². The fourth-order valence-electron chi connectivity index (χ4n) is 3.82.